The van der Waals surface area contributed by atoms with Crippen LogP contribution in [0.3, 0.4) is 0 Å². The van der Waals surface area contributed by atoms with Crippen LogP contribution in [-0.2, 0) is 0 Å². The largest absolute Gasteiger partial charge is 1.00 e. The summed E-state index contributed by atoms with van der Waals surface area (Å²) in [6.45, 7) is -2.16. The Labute approximate surface area is 40.2 Å². The highest BCUT2D eigenvalue weighted by molar-refractivity contribution is 4.03. The minimum atomic E-state index is -2.07. The topological polar surface area (TPSA) is 47.9 Å². The molecule has 0 amide bonds. The molecule has 0 aliphatic carbocycles. The lowest BCUT2D eigenvalue weighted by Gasteiger charge is -1.67. The molecule has 0 saturated carbocycles. The number of aliphatic hydroxyl groups is 1. The Morgan fingerprint density at radius 3 is 2.20 bits per heavy atom. The second kappa shape index (κ2) is 8.88. The summed E-state index contributed by atoms with van der Waals surface area (Å²) in [6, 6.07) is 0. The minimum Gasteiger partial charge on any atom is -1.00 e. The Kier molecular flexibility index (Phi) is 6.04. The van der Waals surface area contributed by atoms with E-state index in [2.05, 4.69) is 5.73 Å². The number of hydrogen-bond acceptors (Lipinski definition) is 1. The number of hydrogen-bond donors (Lipinski definition) is 2. The fourth-order valence-electron chi connectivity index (χ4n) is 0. The monoisotopic (exact) mass is 99.0 g/mol. The molecule has 0 unspecified atom stereocenters. The highest BCUT2D eigenvalue weighted by atomic mass is 35.5. The smallest absolute Gasteiger partial charge is 0.0974 e. The van der Waals surface area contributed by atoms with Gasteiger partial charge in [-0.3, -0.25) is 0 Å². The Balaban J connectivity index is 0. The van der Waals surface area contributed by atoms with E-state index in [1.54, 1.807) is 0 Å². The Morgan fingerprint density at radius 2 is 2.20 bits per heavy atom. The fourth-order valence-corrected chi connectivity index (χ4v) is 0. The van der Waals surface area contributed by atoms with Gasteiger partial charge in [-0.1, -0.05) is 0 Å². The maximum absolute atomic E-state index is 8.10. The first-order valence-corrected chi connectivity index (χ1v) is 1.08. The zero-order valence-corrected chi connectivity index (χ0v) is 3.50. The minimum absolute atomic E-state index is 0. The highest BCUT2D eigenvalue weighted by Crippen LogP contribution is 1.28. The van der Waals surface area contributed by atoms with Crippen LogP contribution in [0.5, 0.6) is 0 Å². The average molecular weight is 99.6 g/mol. The summed E-state index contributed by atoms with van der Waals surface area (Å²) in [5, 5.41) is 8.10. The zero-order chi connectivity index (χ0) is 5.21. The lowest BCUT2D eigenvalue weighted by Crippen LogP contribution is -3.00. The fraction of sp³-hybridized carbons (Fsp3) is 1.00. The Hall–Kier alpha value is 0.210. The highest BCUT2D eigenvalue weighted by Gasteiger charge is 1.60. The van der Waals surface area contributed by atoms with Crippen LogP contribution in [0.15, 0.2) is 0 Å². The van der Waals surface area contributed by atoms with Crippen LogP contribution in [0.2, 0.25) is 0 Å². The van der Waals surface area contributed by atoms with Crippen LogP contribution in [-0.4, -0.2) is 18.2 Å². The predicted octanol–water partition coefficient (Wildman–Crippen LogP) is -4.78. The Bertz CT molecular complexity index is 45.4. The molecule has 0 aromatic heterocycles. The van der Waals surface area contributed by atoms with Crippen molar-refractivity contribution in [2.24, 2.45) is 0 Å². The molecule has 0 bridgehead atoms. The molecule has 0 saturated heterocycles. The third kappa shape index (κ3) is 14.0. The van der Waals surface area contributed by atoms with Gasteiger partial charge in [-0.25, -0.2) is 0 Å². The first kappa shape index (κ1) is 3.40. The SMILES string of the molecule is [2H]C([2H])(O)C[NH3+].[Cl-]. The van der Waals surface area contributed by atoms with Crippen molar-refractivity contribution >= 4 is 0 Å². The van der Waals surface area contributed by atoms with Crippen molar-refractivity contribution in [1.29, 1.82) is 0 Å². The predicted molar refractivity (Wildman–Crippen MR) is 14.8 cm³/mol. The van der Waals surface area contributed by atoms with Gasteiger partial charge in [-0.05, 0) is 0 Å². The van der Waals surface area contributed by atoms with Gasteiger partial charge in [-0.2, -0.15) is 0 Å². The summed E-state index contributed by atoms with van der Waals surface area (Å²) >= 11 is 0. The maximum atomic E-state index is 8.10. The molecule has 0 atom stereocenters. The second-order valence-electron chi connectivity index (χ2n) is 0.408. The third-order valence-corrected chi connectivity index (χ3v) is 0.112. The molecule has 0 spiro atoms. The standard InChI is InChI=1S/C2H7NO.ClH/c3-1-2-4;/h4H,1-3H2;1H/i2D2;. The molecule has 3 heteroatoms. The zero-order valence-electron chi connectivity index (χ0n) is 4.74. The normalized spacial score (nSPS) is 14.8. The lowest BCUT2D eigenvalue weighted by molar-refractivity contribution is -0.372. The van der Waals surface area contributed by atoms with E-state index in [-0.39, 0.29) is 19.0 Å². The van der Waals surface area contributed by atoms with Crippen molar-refractivity contribution < 1.29 is 26.0 Å². The van der Waals surface area contributed by atoms with E-state index in [1.807, 2.05) is 0 Å². The van der Waals surface area contributed by atoms with E-state index in [1.165, 1.54) is 0 Å². The number of halogens is 1. The maximum Gasteiger partial charge on any atom is 0.0974 e. The van der Waals surface area contributed by atoms with Crippen molar-refractivity contribution in [2.75, 3.05) is 13.1 Å². The molecule has 0 rings (SSSR count). The number of quaternary nitrogens is 1. The van der Waals surface area contributed by atoms with Crippen LogP contribution in [0, 0.1) is 0 Å². The first-order valence-electron chi connectivity index (χ1n) is 2.08. The van der Waals surface area contributed by atoms with Gasteiger partial charge in [0, 0.05) is 0 Å². The molecule has 0 aromatic carbocycles. The molecule has 2 nitrogen and oxygen atoms in total. The van der Waals surface area contributed by atoms with Crippen molar-refractivity contribution in [3.05, 3.63) is 0 Å². The van der Waals surface area contributed by atoms with Crippen LogP contribution < -0.4 is 18.1 Å². The molecule has 0 aliphatic rings. The van der Waals surface area contributed by atoms with E-state index in [0.717, 1.165) is 0 Å². The molecule has 0 aromatic rings. The lowest BCUT2D eigenvalue weighted by atomic mass is 10.8. The summed E-state index contributed by atoms with van der Waals surface area (Å²) in [4.78, 5) is 0. The molecule has 34 valence electrons. The van der Waals surface area contributed by atoms with Gasteiger partial charge in [0.2, 0.25) is 0 Å². The van der Waals surface area contributed by atoms with E-state index in [0.29, 0.717) is 0 Å². The van der Waals surface area contributed by atoms with Crippen molar-refractivity contribution in [1.82, 2.24) is 0 Å². The molecular formula is C2H8ClNO. The van der Waals surface area contributed by atoms with Crippen LogP contribution >= 0.6 is 0 Å². The Morgan fingerprint density at radius 1 is 2.00 bits per heavy atom. The summed E-state index contributed by atoms with van der Waals surface area (Å²) in [5.74, 6) is 0. The van der Waals surface area contributed by atoms with Gasteiger partial charge in [0.05, 0.1) is 15.8 Å². The first-order chi connectivity index (χ1) is 2.56. The molecule has 0 fully saturated rings. The van der Waals surface area contributed by atoms with Crippen LogP contribution in [0.25, 0.3) is 0 Å². The van der Waals surface area contributed by atoms with E-state index in [9.17, 15) is 0 Å². The van der Waals surface area contributed by atoms with Crippen molar-refractivity contribution in [3.8, 4) is 0 Å². The van der Waals surface area contributed by atoms with Gasteiger partial charge in [0.1, 0.15) is 0 Å². The van der Waals surface area contributed by atoms with Crippen molar-refractivity contribution in [3.63, 3.8) is 0 Å². The molecular weight excluding hydrogens is 89.5 g/mol. The summed E-state index contributed by atoms with van der Waals surface area (Å²) < 4.78 is 12.7. The molecule has 4 N–H and O–H groups in total. The summed E-state index contributed by atoms with van der Waals surface area (Å²) in [6.07, 6.45) is 0. The van der Waals surface area contributed by atoms with E-state index in [4.69, 9.17) is 7.85 Å². The van der Waals surface area contributed by atoms with Crippen LogP contribution in [0.4, 0.5) is 0 Å². The van der Waals surface area contributed by atoms with Crippen molar-refractivity contribution in [2.45, 2.75) is 0 Å². The van der Waals surface area contributed by atoms with Gasteiger partial charge in [0.25, 0.3) is 0 Å². The summed E-state index contributed by atoms with van der Waals surface area (Å²) in [7, 11) is 0. The third-order valence-electron chi connectivity index (χ3n) is 0.112. The van der Waals surface area contributed by atoms with E-state index < -0.39 is 6.56 Å². The quantitative estimate of drug-likeness (QED) is 0.341. The molecule has 5 heavy (non-hydrogen) atoms. The van der Waals surface area contributed by atoms with Gasteiger partial charge in [0.15, 0.2) is 0 Å². The summed E-state index contributed by atoms with van der Waals surface area (Å²) in [5.41, 5.74) is 3.13. The average Bonchev–Trinajstić information content (AvgIpc) is 1.35. The van der Waals surface area contributed by atoms with E-state index >= 15 is 0 Å². The molecule has 0 heterocycles. The van der Waals surface area contributed by atoms with Crippen LogP contribution in [0.1, 0.15) is 2.74 Å². The van der Waals surface area contributed by atoms with Gasteiger partial charge < -0.3 is 23.2 Å². The molecule has 0 radical (unpaired) electrons. The van der Waals surface area contributed by atoms with Gasteiger partial charge in [-0.15, -0.1) is 0 Å². The second-order valence-corrected chi connectivity index (χ2v) is 0.408. The molecule has 0 aliphatic heterocycles. The van der Waals surface area contributed by atoms with Gasteiger partial charge >= 0.3 is 0 Å². The number of rotatable bonds is 1.